The van der Waals surface area contributed by atoms with Crippen LogP contribution in [0.2, 0.25) is 0 Å². The summed E-state index contributed by atoms with van der Waals surface area (Å²) in [7, 11) is 0. The predicted octanol–water partition coefficient (Wildman–Crippen LogP) is -0.440. The van der Waals surface area contributed by atoms with Gasteiger partial charge in [-0.05, 0) is 6.07 Å². The number of aromatic nitrogens is 1. The van der Waals surface area contributed by atoms with E-state index >= 15 is 0 Å². The van der Waals surface area contributed by atoms with E-state index in [2.05, 4.69) is 15.3 Å². The maximum atomic E-state index is 9.08. The number of anilines is 1. The summed E-state index contributed by atoms with van der Waals surface area (Å²) in [6.07, 6.45) is 1.61. The van der Waals surface area contributed by atoms with E-state index in [4.69, 9.17) is 15.7 Å². The van der Waals surface area contributed by atoms with Crippen LogP contribution < -0.4 is 11.3 Å². The van der Waals surface area contributed by atoms with Crippen molar-refractivity contribution in [2.45, 2.75) is 12.6 Å². The molecular weight excluding hydrogens is 220 g/mol. The molecule has 1 fully saturated rings. The minimum atomic E-state index is -0.0882. The Labute approximate surface area is 100 Å². The van der Waals surface area contributed by atoms with Gasteiger partial charge in [-0.25, -0.2) is 10.8 Å². The molecule has 0 spiro atoms. The highest BCUT2D eigenvalue weighted by molar-refractivity contribution is 5.42. The van der Waals surface area contributed by atoms with Gasteiger partial charge in [0.15, 0.2) is 0 Å². The van der Waals surface area contributed by atoms with Gasteiger partial charge in [-0.2, -0.15) is 0 Å². The minimum absolute atomic E-state index is 0.0610. The molecule has 1 aliphatic heterocycles. The summed E-state index contributed by atoms with van der Waals surface area (Å²) < 4.78 is 5.40. The molecule has 6 heteroatoms. The summed E-state index contributed by atoms with van der Waals surface area (Å²) in [6.45, 7) is 3.06. The fraction of sp³-hybridized carbons (Fsp3) is 0.545. The second kappa shape index (κ2) is 5.92. The predicted molar refractivity (Wildman–Crippen MR) is 64.1 cm³/mol. The number of nitrogens with zero attached hydrogens (tertiary/aromatic N) is 2. The molecular formula is C11H18N4O2. The zero-order valence-corrected chi connectivity index (χ0v) is 9.67. The summed E-state index contributed by atoms with van der Waals surface area (Å²) >= 11 is 0. The number of nitrogens with two attached hydrogens (primary N) is 1. The van der Waals surface area contributed by atoms with Crippen molar-refractivity contribution in [3.05, 3.63) is 23.9 Å². The summed E-state index contributed by atoms with van der Waals surface area (Å²) in [5.74, 6) is 6.11. The maximum Gasteiger partial charge on any atom is 0.144 e. The molecule has 1 aliphatic rings. The molecule has 6 nitrogen and oxygen atoms in total. The molecule has 2 rings (SSSR count). The van der Waals surface area contributed by atoms with Gasteiger partial charge < -0.3 is 15.3 Å². The molecule has 1 unspecified atom stereocenters. The number of hydrazine groups is 1. The van der Waals surface area contributed by atoms with Gasteiger partial charge in [-0.3, -0.25) is 4.90 Å². The average molecular weight is 238 g/mol. The minimum Gasteiger partial charge on any atom is -0.394 e. The van der Waals surface area contributed by atoms with Crippen LogP contribution in [-0.2, 0) is 11.3 Å². The van der Waals surface area contributed by atoms with E-state index in [0.717, 1.165) is 25.2 Å². The highest BCUT2D eigenvalue weighted by atomic mass is 16.5. The van der Waals surface area contributed by atoms with Crippen molar-refractivity contribution in [2.24, 2.45) is 5.84 Å². The number of rotatable bonds is 4. The van der Waals surface area contributed by atoms with E-state index in [0.29, 0.717) is 12.4 Å². The Morgan fingerprint density at radius 2 is 2.53 bits per heavy atom. The van der Waals surface area contributed by atoms with Gasteiger partial charge in [-0.15, -0.1) is 0 Å². The monoisotopic (exact) mass is 238 g/mol. The first-order valence-corrected chi connectivity index (χ1v) is 5.69. The lowest BCUT2D eigenvalue weighted by molar-refractivity contribution is -0.0550. The molecule has 94 valence electrons. The molecule has 0 amide bonds. The number of morpholine rings is 1. The molecule has 1 aromatic heterocycles. The smallest absolute Gasteiger partial charge is 0.144 e. The van der Waals surface area contributed by atoms with Crippen molar-refractivity contribution in [2.75, 3.05) is 31.7 Å². The fourth-order valence-electron chi connectivity index (χ4n) is 1.97. The SMILES string of the molecule is NNc1ncccc1CN1CCOC(CO)C1. The van der Waals surface area contributed by atoms with Crippen LogP contribution in [0.4, 0.5) is 5.82 Å². The molecule has 1 aromatic rings. The molecule has 4 N–H and O–H groups in total. The van der Waals surface area contributed by atoms with Crippen molar-refractivity contribution in [3.63, 3.8) is 0 Å². The lowest BCUT2D eigenvalue weighted by Crippen LogP contribution is -2.43. The lowest BCUT2D eigenvalue weighted by atomic mass is 10.2. The number of nitrogens with one attached hydrogen (secondary N) is 1. The van der Waals surface area contributed by atoms with Crippen molar-refractivity contribution in [1.82, 2.24) is 9.88 Å². The van der Waals surface area contributed by atoms with Crippen LogP contribution in [0.1, 0.15) is 5.56 Å². The Morgan fingerprint density at radius 3 is 3.29 bits per heavy atom. The van der Waals surface area contributed by atoms with Crippen LogP contribution in [-0.4, -0.2) is 47.4 Å². The van der Waals surface area contributed by atoms with E-state index in [1.807, 2.05) is 12.1 Å². The van der Waals surface area contributed by atoms with Crippen LogP contribution in [0.25, 0.3) is 0 Å². The van der Waals surface area contributed by atoms with Gasteiger partial charge >= 0.3 is 0 Å². The molecule has 0 bridgehead atoms. The summed E-state index contributed by atoms with van der Waals surface area (Å²) in [5, 5.41) is 9.08. The Morgan fingerprint density at radius 1 is 1.65 bits per heavy atom. The third kappa shape index (κ3) is 3.13. The van der Waals surface area contributed by atoms with E-state index < -0.39 is 0 Å². The van der Waals surface area contributed by atoms with Crippen LogP contribution in [0.15, 0.2) is 18.3 Å². The standard InChI is InChI=1S/C11H18N4O2/c12-14-11-9(2-1-3-13-11)6-15-4-5-17-10(7-15)8-16/h1-3,10,16H,4-8,12H2,(H,13,14). The summed E-state index contributed by atoms with van der Waals surface area (Å²) in [5.41, 5.74) is 3.64. The molecule has 2 heterocycles. The summed E-state index contributed by atoms with van der Waals surface area (Å²) in [4.78, 5) is 6.38. The molecule has 1 saturated heterocycles. The van der Waals surface area contributed by atoms with E-state index in [9.17, 15) is 0 Å². The number of nitrogen functional groups attached to an aromatic ring is 1. The zero-order valence-electron chi connectivity index (χ0n) is 9.67. The van der Waals surface area contributed by atoms with Crippen LogP contribution in [0.5, 0.6) is 0 Å². The van der Waals surface area contributed by atoms with Crippen molar-refractivity contribution < 1.29 is 9.84 Å². The third-order valence-electron chi connectivity index (χ3n) is 2.85. The first-order valence-electron chi connectivity index (χ1n) is 5.69. The van der Waals surface area contributed by atoms with E-state index in [1.54, 1.807) is 6.20 Å². The van der Waals surface area contributed by atoms with Gasteiger partial charge in [0.05, 0.1) is 19.3 Å². The first-order chi connectivity index (χ1) is 8.33. The highest BCUT2D eigenvalue weighted by Gasteiger charge is 2.20. The number of pyridine rings is 1. The number of aliphatic hydroxyl groups is 1. The topological polar surface area (TPSA) is 83.6 Å². The molecule has 1 atom stereocenters. The number of hydrogen-bond donors (Lipinski definition) is 3. The second-order valence-corrected chi connectivity index (χ2v) is 4.07. The van der Waals surface area contributed by atoms with Gasteiger partial charge in [0.2, 0.25) is 0 Å². The Bertz CT molecular complexity index is 361. The molecule has 17 heavy (non-hydrogen) atoms. The van der Waals surface area contributed by atoms with Gasteiger partial charge in [0.25, 0.3) is 0 Å². The zero-order chi connectivity index (χ0) is 12.1. The third-order valence-corrected chi connectivity index (χ3v) is 2.85. The fourth-order valence-corrected chi connectivity index (χ4v) is 1.97. The van der Waals surface area contributed by atoms with Gasteiger partial charge in [-0.1, -0.05) is 6.07 Å². The van der Waals surface area contributed by atoms with Gasteiger partial charge in [0, 0.05) is 31.4 Å². The average Bonchev–Trinajstić information content (AvgIpc) is 2.39. The normalized spacial score (nSPS) is 21.4. The van der Waals surface area contributed by atoms with Crippen LogP contribution >= 0.6 is 0 Å². The van der Waals surface area contributed by atoms with Crippen molar-refractivity contribution >= 4 is 5.82 Å². The van der Waals surface area contributed by atoms with E-state index in [-0.39, 0.29) is 12.7 Å². The molecule has 0 aliphatic carbocycles. The van der Waals surface area contributed by atoms with Gasteiger partial charge in [0.1, 0.15) is 5.82 Å². The molecule has 0 radical (unpaired) electrons. The Balaban J connectivity index is 2.00. The molecule has 0 saturated carbocycles. The maximum absolute atomic E-state index is 9.08. The quantitative estimate of drug-likeness (QED) is 0.487. The van der Waals surface area contributed by atoms with Crippen molar-refractivity contribution in [3.8, 4) is 0 Å². The van der Waals surface area contributed by atoms with Crippen LogP contribution in [0, 0.1) is 0 Å². The Kier molecular flexibility index (Phi) is 4.27. The second-order valence-electron chi connectivity index (χ2n) is 4.07. The number of aliphatic hydroxyl groups excluding tert-OH is 1. The highest BCUT2D eigenvalue weighted by Crippen LogP contribution is 2.15. The number of ether oxygens (including phenoxy) is 1. The lowest BCUT2D eigenvalue weighted by Gasteiger charge is -2.32. The number of hydrogen-bond acceptors (Lipinski definition) is 6. The summed E-state index contributed by atoms with van der Waals surface area (Å²) in [6, 6.07) is 3.88. The Hall–Kier alpha value is -1.21. The first kappa shape index (κ1) is 12.3. The van der Waals surface area contributed by atoms with E-state index in [1.165, 1.54) is 0 Å². The largest absolute Gasteiger partial charge is 0.394 e. The molecule has 0 aromatic carbocycles. The van der Waals surface area contributed by atoms with Crippen LogP contribution in [0.3, 0.4) is 0 Å². The van der Waals surface area contributed by atoms with Crippen molar-refractivity contribution in [1.29, 1.82) is 0 Å².